The summed E-state index contributed by atoms with van der Waals surface area (Å²) in [6, 6.07) is 38.3. The maximum absolute atomic E-state index is 14.9. The summed E-state index contributed by atoms with van der Waals surface area (Å²) in [6.07, 6.45) is 0.892. The van der Waals surface area contributed by atoms with Gasteiger partial charge in [-0.1, -0.05) is 128 Å². The number of hydrogen-bond donors (Lipinski definition) is 2. The van der Waals surface area contributed by atoms with Crippen LogP contribution in [0.2, 0.25) is 19.6 Å². The van der Waals surface area contributed by atoms with Gasteiger partial charge >= 0.3 is 5.97 Å². The first-order valence-electron chi connectivity index (χ1n) is 18.3. The van der Waals surface area contributed by atoms with Crippen molar-refractivity contribution in [3.8, 4) is 11.8 Å². The molecule has 55 heavy (non-hydrogen) atoms. The molecule has 2 heterocycles. The monoisotopic (exact) mass is 774 g/mol. The quantitative estimate of drug-likeness (QED) is 0.0314. The number of aromatic nitrogens is 1. The van der Waals surface area contributed by atoms with Gasteiger partial charge in [-0.15, -0.1) is 0 Å². The second-order valence-electron chi connectivity index (χ2n) is 14.6. The fraction of sp³-hybridized carbons (Fsp3) is 0.227. The van der Waals surface area contributed by atoms with Crippen molar-refractivity contribution < 1.29 is 33.8 Å². The van der Waals surface area contributed by atoms with Gasteiger partial charge in [-0.25, -0.2) is 4.79 Å². The Morgan fingerprint density at radius 1 is 0.800 bits per heavy atom. The predicted molar refractivity (Wildman–Crippen MR) is 222 cm³/mol. The van der Waals surface area contributed by atoms with Crippen molar-refractivity contribution >= 4 is 54.2 Å². The Bertz CT molecular complexity index is 2090. The number of rotatable bonds is 15. The summed E-state index contributed by atoms with van der Waals surface area (Å²) in [5, 5.41) is 22.8. The number of nitrogens with zero attached hydrogens (tertiary/aromatic N) is 2. The molecule has 0 unspecified atom stereocenters. The first-order valence-corrected chi connectivity index (χ1v) is 23.5. The largest absolute Gasteiger partial charge is 0.494 e. The molecule has 9 nitrogen and oxygen atoms in total. The number of amides is 1. The van der Waals surface area contributed by atoms with Crippen LogP contribution in [0.1, 0.15) is 29.3 Å². The van der Waals surface area contributed by atoms with Crippen molar-refractivity contribution in [2.45, 2.75) is 51.7 Å². The summed E-state index contributed by atoms with van der Waals surface area (Å²) in [6.45, 7) is 8.76. The second kappa shape index (κ2) is 16.5. The van der Waals surface area contributed by atoms with E-state index in [4.69, 9.17) is 9.16 Å². The Morgan fingerprint density at radius 2 is 1.29 bits per heavy atom. The third-order valence-electron chi connectivity index (χ3n) is 9.75. The minimum atomic E-state index is -3.19. The highest BCUT2D eigenvalue weighted by atomic mass is 31.2. The van der Waals surface area contributed by atoms with Crippen LogP contribution in [0, 0.1) is 5.92 Å². The van der Waals surface area contributed by atoms with Crippen molar-refractivity contribution in [3.63, 3.8) is 0 Å². The molecule has 284 valence electrons. The fourth-order valence-corrected chi connectivity index (χ4v) is 13.1. The highest BCUT2D eigenvalue weighted by Gasteiger charge is 2.56. The first kappa shape index (κ1) is 39.3. The third kappa shape index (κ3) is 8.03. The van der Waals surface area contributed by atoms with Gasteiger partial charge in [0.25, 0.3) is 0 Å². The molecule has 11 heteroatoms. The Hall–Kier alpha value is -5.41. The molecule has 1 aliphatic rings. The summed E-state index contributed by atoms with van der Waals surface area (Å²) < 4.78 is 13.8. The molecule has 2 N–H and O–H groups in total. The summed E-state index contributed by atoms with van der Waals surface area (Å²) in [5.74, 6) is -2.04. The molecule has 3 atom stereocenters. The number of esters is 1. The van der Waals surface area contributed by atoms with Crippen molar-refractivity contribution in [1.29, 1.82) is 0 Å². The van der Waals surface area contributed by atoms with Crippen molar-refractivity contribution in [2.24, 2.45) is 5.92 Å². The molecular formula is C44H47N2O7PSi. The lowest BCUT2D eigenvalue weighted by atomic mass is 9.79. The molecule has 0 spiro atoms. The number of carbonyl (C=O) groups is 3. The molecule has 5 aromatic rings. The number of hydrogen-bond acceptors (Lipinski definition) is 7. The van der Waals surface area contributed by atoms with Crippen LogP contribution >= 0.6 is 6.89 Å². The number of Topliss-reactive ketones (excluding diaryl/α,β-unsaturated/α-hetero) is 1. The van der Waals surface area contributed by atoms with E-state index < -0.39 is 39.2 Å². The Balaban J connectivity index is 1.54. The summed E-state index contributed by atoms with van der Waals surface area (Å²) in [4.78, 5) is 45.6. The van der Waals surface area contributed by atoms with Crippen LogP contribution in [0.4, 0.5) is 0 Å². The van der Waals surface area contributed by atoms with Gasteiger partial charge in [0.1, 0.15) is 12.0 Å². The van der Waals surface area contributed by atoms with Crippen LogP contribution in [0.3, 0.4) is 0 Å². The molecule has 0 saturated carbocycles. The predicted octanol–water partition coefficient (Wildman–Crippen LogP) is 6.44. The molecule has 1 fully saturated rings. The van der Waals surface area contributed by atoms with Crippen LogP contribution in [0.25, 0.3) is 0 Å². The normalized spacial score (nSPS) is 16.2. The van der Waals surface area contributed by atoms with Crippen molar-refractivity contribution in [2.75, 3.05) is 6.61 Å². The third-order valence-corrected chi connectivity index (χ3v) is 15.1. The Morgan fingerprint density at radius 3 is 1.75 bits per heavy atom. The van der Waals surface area contributed by atoms with Gasteiger partial charge in [0.05, 0.1) is 24.6 Å². The van der Waals surface area contributed by atoms with Crippen molar-refractivity contribution in [1.82, 2.24) is 9.47 Å². The van der Waals surface area contributed by atoms with E-state index in [1.54, 1.807) is 29.2 Å². The highest BCUT2D eigenvalue weighted by Crippen LogP contribution is 2.50. The van der Waals surface area contributed by atoms with Gasteiger partial charge in [-0.3, -0.25) is 14.2 Å². The van der Waals surface area contributed by atoms with E-state index in [2.05, 4.69) is 26.2 Å². The maximum Gasteiger partial charge on any atom is 0.356 e. The van der Waals surface area contributed by atoms with Crippen LogP contribution in [-0.2, 0) is 25.3 Å². The van der Waals surface area contributed by atoms with Gasteiger partial charge in [0, 0.05) is 31.0 Å². The van der Waals surface area contributed by atoms with Gasteiger partial charge in [-0.2, -0.15) is 0 Å². The molecule has 0 bridgehead atoms. The minimum Gasteiger partial charge on any atom is -0.494 e. The maximum atomic E-state index is 14.9. The summed E-state index contributed by atoms with van der Waals surface area (Å²) in [5.41, 5.74) is 1.38. The standard InChI is InChI=1S/C44H47N2O7PSi/c1-6-28-52-44(51)43(54(34-16-10-7-11-17-34,35-18-12-8-13-19-35)36-20-14-9-15-21-36)46-37(41(42(46)50)31(2)53-55(3,4)5)29-38(47)33-24-22-32(23-25-33)30-45-39(48)26-27-40(45)49/h6-27,31,37,41,48-49H,1,28-30H2,2-5H3/t31-,37-,41-/m1/s1. The van der Waals surface area contributed by atoms with Crippen LogP contribution < -0.4 is 15.9 Å². The zero-order valence-electron chi connectivity index (χ0n) is 31.5. The lowest BCUT2D eigenvalue weighted by Crippen LogP contribution is -2.69. The molecular weight excluding hydrogens is 728 g/mol. The first-order chi connectivity index (χ1) is 26.4. The number of aromatic hydroxyl groups is 2. The molecule has 1 aromatic heterocycles. The molecule has 1 aliphatic heterocycles. The van der Waals surface area contributed by atoms with E-state index in [0.29, 0.717) is 5.56 Å². The topological polar surface area (TPSA) is 118 Å². The number of β-lactam (4-membered cyclic amide) rings is 1. The smallest absolute Gasteiger partial charge is 0.356 e. The second-order valence-corrected chi connectivity index (χ2v) is 22.4. The van der Waals surface area contributed by atoms with E-state index >= 15 is 0 Å². The minimum absolute atomic E-state index is 0.0736. The molecule has 6 rings (SSSR count). The van der Waals surface area contributed by atoms with E-state index in [1.807, 2.05) is 97.9 Å². The Kier molecular flexibility index (Phi) is 11.8. The summed E-state index contributed by atoms with van der Waals surface area (Å²) in [7, 11) is -2.15. The zero-order valence-corrected chi connectivity index (χ0v) is 33.4. The Labute approximate surface area is 323 Å². The molecule has 1 saturated heterocycles. The average Bonchev–Trinajstić information content (AvgIpc) is 3.49. The van der Waals surface area contributed by atoms with Crippen LogP contribution in [0.5, 0.6) is 11.8 Å². The van der Waals surface area contributed by atoms with Crippen molar-refractivity contribution in [3.05, 3.63) is 151 Å². The van der Waals surface area contributed by atoms with Gasteiger partial charge in [0.15, 0.2) is 25.9 Å². The van der Waals surface area contributed by atoms with Gasteiger partial charge < -0.3 is 24.3 Å². The van der Waals surface area contributed by atoms with Crippen LogP contribution in [0.15, 0.2) is 140 Å². The van der Waals surface area contributed by atoms with E-state index in [0.717, 1.165) is 21.5 Å². The van der Waals surface area contributed by atoms with E-state index in [-0.39, 0.29) is 48.4 Å². The summed E-state index contributed by atoms with van der Waals surface area (Å²) >= 11 is 0. The van der Waals surface area contributed by atoms with E-state index in [9.17, 15) is 24.6 Å². The zero-order chi connectivity index (χ0) is 39.3. The lowest BCUT2D eigenvalue weighted by Gasteiger charge is -2.52. The molecule has 0 aliphatic carbocycles. The van der Waals surface area contributed by atoms with Gasteiger partial charge in [-0.05, 0) is 48.0 Å². The van der Waals surface area contributed by atoms with Crippen LogP contribution in [-0.4, -0.2) is 69.8 Å². The van der Waals surface area contributed by atoms with E-state index in [1.165, 1.54) is 22.8 Å². The molecule has 4 aromatic carbocycles. The number of likely N-dealkylation sites (tertiary alicyclic amines) is 1. The number of benzene rings is 4. The number of ketones is 1. The highest BCUT2D eigenvalue weighted by molar-refractivity contribution is 7.96. The number of ether oxygens (including phenoxy) is 1. The number of carbonyl (C=O) groups excluding carboxylic acids is 3. The molecule has 1 amide bonds. The lowest BCUT2D eigenvalue weighted by molar-refractivity contribution is -0.156. The fourth-order valence-electron chi connectivity index (χ4n) is 7.45. The van der Waals surface area contributed by atoms with Gasteiger partial charge in [0.2, 0.25) is 5.91 Å². The molecule has 0 radical (unpaired) electrons. The average molecular weight is 775 g/mol. The SMILES string of the molecule is C=CCOC(=O)C(N1C(=O)[C@H]([C@@H](C)O[Si](C)(C)C)[C@H]1CC(=O)c1ccc(Cn2c(O)ccc2O)cc1)=P(c1ccccc1)(c1ccccc1)c1ccccc1.